The number of benzene rings is 1. The van der Waals surface area contributed by atoms with Crippen molar-refractivity contribution in [3.63, 3.8) is 0 Å². The van der Waals surface area contributed by atoms with Crippen molar-refractivity contribution >= 4 is 0 Å². The number of nitriles is 1. The van der Waals surface area contributed by atoms with Gasteiger partial charge in [-0.2, -0.15) is 5.26 Å². The summed E-state index contributed by atoms with van der Waals surface area (Å²) in [5.41, 5.74) is 1.62. The topological polar surface area (TPSA) is 42.2 Å². The summed E-state index contributed by atoms with van der Waals surface area (Å²) in [6, 6.07) is 7.85. The zero-order valence-corrected chi connectivity index (χ0v) is 12.4. The minimum absolute atomic E-state index is 0.376. The van der Waals surface area contributed by atoms with Crippen molar-refractivity contribution in [2.75, 3.05) is 7.11 Å². The molecule has 2 rings (SSSR count). The van der Waals surface area contributed by atoms with Gasteiger partial charge in [-0.25, -0.2) is 0 Å². The third kappa shape index (κ3) is 3.52. The van der Waals surface area contributed by atoms with Gasteiger partial charge in [0.25, 0.3) is 0 Å². The number of methoxy groups -OCH3 is 1. The van der Waals surface area contributed by atoms with Gasteiger partial charge in [-0.05, 0) is 36.5 Å². The smallest absolute Gasteiger partial charge is 0.136 e. The van der Waals surface area contributed by atoms with Crippen molar-refractivity contribution in [2.45, 2.75) is 51.7 Å². The van der Waals surface area contributed by atoms with Gasteiger partial charge in [0.2, 0.25) is 0 Å². The van der Waals surface area contributed by atoms with Crippen LogP contribution in [0, 0.1) is 17.2 Å². The van der Waals surface area contributed by atoms with Gasteiger partial charge in [-0.3, -0.25) is 0 Å². The summed E-state index contributed by atoms with van der Waals surface area (Å²) in [7, 11) is 1.58. The van der Waals surface area contributed by atoms with E-state index in [4.69, 9.17) is 14.7 Å². The summed E-state index contributed by atoms with van der Waals surface area (Å²) in [6.45, 7) is 2.83. The van der Waals surface area contributed by atoms with Crippen LogP contribution in [-0.4, -0.2) is 13.2 Å². The van der Waals surface area contributed by atoms with Gasteiger partial charge in [0.1, 0.15) is 11.8 Å². The molecule has 1 aromatic carbocycles. The molecule has 20 heavy (non-hydrogen) atoms. The van der Waals surface area contributed by atoms with E-state index in [-0.39, 0.29) is 0 Å². The van der Waals surface area contributed by atoms with Gasteiger partial charge in [0.05, 0.1) is 25.4 Å². The Morgan fingerprint density at radius 3 is 2.80 bits per heavy atom. The Labute approximate surface area is 121 Å². The molecule has 2 atom stereocenters. The van der Waals surface area contributed by atoms with Crippen LogP contribution in [-0.2, 0) is 11.3 Å². The molecule has 0 radical (unpaired) electrons. The van der Waals surface area contributed by atoms with E-state index in [9.17, 15) is 0 Å². The molecule has 3 heteroatoms. The van der Waals surface area contributed by atoms with E-state index >= 15 is 0 Å². The maximum Gasteiger partial charge on any atom is 0.136 e. The first-order chi connectivity index (χ1) is 9.78. The molecule has 2 unspecified atom stereocenters. The molecule has 1 aliphatic carbocycles. The third-order valence-corrected chi connectivity index (χ3v) is 4.21. The SMILES string of the molecule is CCC1CCCCC1OCc1ccc(OC)c(C#N)c1. The Kier molecular flexibility index (Phi) is 5.43. The molecule has 3 nitrogen and oxygen atoms in total. The van der Waals surface area contributed by atoms with Crippen LogP contribution < -0.4 is 4.74 Å². The zero-order valence-electron chi connectivity index (χ0n) is 12.4. The van der Waals surface area contributed by atoms with Gasteiger partial charge in [0.15, 0.2) is 0 Å². The molecule has 1 aromatic rings. The molecule has 108 valence electrons. The number of nitrogens with zero attached hydrogens (tertiary/aromatic N) is 1. The highest BCUT2D eigenvalue weighted by Gasteiger charge is 2.24. The van der Waals surface area contributed by atoms with Crippen LogP contribution in [0.4, 0.5) is 0 Å². The monoisotopic (exact) mass is 273 g/mol. The Hall–Kier alpha value is -1.53. The van der Waals surface area contributed by atoms with Crippen LogP contribution >= 0.6 is 0 Å². The predicted molar refractivity (Wildman–Crippen MR) is 78.5 cm³/mol. The first kappa shape index (κ1) is 14.9. The highest BCUT2D eigenvalue weighted by Crippen LogP contribution is 2.30. The van der Waals surface area contributed by atoms with Crippen LogP contribution in [0.15, 0.2) is 18.2 Å². The largest absolute Gasteiger partial charge is 0.495 e. The third-order valence-electron chi connectivity index (χ3n) is 4.21. The van der Waals surface area contributed by atoms with Crippen molar-refractivity contribution in [3.05, 3.63) is 29.3 Å². The molecule has 1 fully saturated rings. The van der Waals surface area contributed by atoms with Gasteiger partial charge < -0.3 is 9.47 Å². The van der Waals surface area contributed by atoms with Crippen LogP contribution in [0.25, 0.3) is 0 Å². The Morgan fingerprint density at radius 2 is 2.10 bits per heavy atom. The molecular formula is C17H23NO2. The molecular weight excluding hydrogens is 250 g/mol. The summed E-state index contributed by atoms with van der Waals surface area (Å²) < 4.78 is 11.3. The lowest BCUT2D eigenvalue weighted by Gasteiger charge is -2.30. The van der Waals surface area contributed by atoms with Gasteiger partial charge >= 0.3 is 0 Å². The van der Waals surface area contributed by atoms with Gasteiger partial charge in [-0.1, -0.05) is 32.3 Å². The fourth-order valence-electron chi connectivity index (χ4n) is 3.00. The average molecular weight is 273 g/mol. The van der Waals surface area contributed by atoms with Crippen LogP contribution in [0.3, 0.4) is 0 Å². The van der Waals surface area contributed by atoms with E-state index in [0.717, 1.165) is 5.56 Å². The Bertz CT molecular complexity index is 478. The second-order valence-corrected chi connectivity index (χ2v) is 5.45. The van der Waals surface area contributed by atoms with Crippen molar-refractivity contribution < 1.29 is 9.47 Å². The molecule has 0 N–H and O–H groups in total. The molecule has 0 amide bonds. The maximum atomic E-state index is 9.10. The maximum absolute atomic E-state index is 9.10. The fraction of sp³-hybridized carbons (Fsp3) is 0.588. The van der Waals surface area contributed by atoms with Crippen molar-refractivity contribution in [1.82, 2.24) is 0 Å². The van der Waals surface area contributed by atoms with E-state index in [1.807, 2.05) is 18.2 Å². The highest BCUT2D eigenvalue weighted by molar-refractivity contribution is 5.45. The fourth-order valence-corrected chi connectivity index (χ4v) is 3.00. The minimum atomic E-state index is 0.376. The highest BCUT2D eigenvalue weighted by atomic mass is 16.5. The molecule has 0 aliphatic heterocycles. The van der Waals surface area contributed by atoms with Crippen molar-refractivity contribution in [2.24, 2.45) is 5.92 Å². The molecule has 0 aromatic heterocycles. The zero-order chi connectivity index (χ0) is 14.4. The van der Waals surface area contributed by atoms with E-state index < -0.39 is 0 Å². The Morgan fingerprint density at radius 1 is 1.30 bits per heavy atom. The number of rotatable bonds is 5. The van der Waals surface area contributed by atoms with Crippen LogP contribution in [0.1, 0.15) is 50.2 Å². The van der Waals surface area contributed by atoms with E-state index in [2.05, 4.69) is 13.0 Å². The Balaban J connectivity index is 1.98. The first-order valence-electron chi connectivity index (χ1n) is 7.47. The first-order valence-corrected chi connectivity index (χ1v) is 7.47. The summed E-state index contributed by atoms with van der Waals surface area (Å²) >= 11 is 0. The van der Waals surface area contributed by atoms with E-state index in [1.54, 1.807) is 7.11 Å². The van der Waals surface area contributed by atoms with Crippen molar-refractivity contribution in [3.8, 4) is 11.8 Å². The quantitative estimate of drug-likeness (QED) is 0.812. The second-order valence-electron chi connectivity index (χ2n) is 5.45. The summed E-state index contributed by atoms with van der Waals surface area (Å²) in [4.78, 5) is 0. The number of ether oxygens (including phenoxy) is 2. The number of hydrogen-bond acceptors (Lipinski definition) is 3. The lowest BCUT2D eigenvalue weighted by atomic mass is 9.85. The van der Waals surface area contributed by atoms with Crippen LogP contribution in [0.2, 0.25) is 0 Å². The minimum Gasteiger partial charge on any atom is -0.495 e. The summed E-state index contributed by atoms with van der Waals surface area (Å²) in [5.74, 6) is 1.32. The normalized spacial score (nSPS) is 22.2. The predicted octanol–water partition coefficient (Wildman–Crippen LogP) is 4.05. The lowest BCUT2D eigenvalue weighted by molar-refractivity contribution is -0.0222. The second kappa shape index (κ2) is 7.31. The molecule has 0 heterocycles. The molecule has 1 aliphatic rings. The van der Waals surface area contributed by atoms with Crippen LogP contribution in [0.5, 0.6) is 5.75 Å². The standard InChI is InChI=1S/C17H23NO2/c1-3-14-6-4-5-7-17(14)20-12-13-8-9-16(19-2)15(10-13)11-18/h8-10,14,17H,3-7,12H2,1-2H3. The van der Waals surface area contributed by atoms with E-state index in [1.165, 1.54) is 32.1 Å². The lowest BCUT2D eigenvalue weighted by Crippen LogP contribution is -2.27. The molecule has 0 saturated heterocycles. The van der Waals surface area contributed by atoms with Crippen molar-refractivity contribution in [1.29, 1.82) is 5.26 Å². The average Bonchev–Trinajstić information content (AvgIpc) is 2.52. The number of hydrogen-bond donors (Lipinski definition) is 0. The molecule has 1 saturated carbocycles. The van der Waals surface area contributed by atoms with Gasteiger partial charge in [-0.15, -0.1) is 0 Å². The molecule has 0 spiro atoms. The summed E-state index contributed by atoms with van der Waals surface area (Å²) in [5, 5.41) is 9.10. The van der Waals surface area contributed by atoms with E-state index in [0.29, 0.717) is 29.9 Å². The van der Waals surface area contributed by atoms with Gasteiger partial charge in [0, 0.05) is 0 Å². The summed E-state index contributed by atoms with van der Waals surface area (Å²) in [6.07, 6.45) is 6.62. The molecule has 0 bridgehead atoms.